The Bertz CT molecular complexity index is 519. The number of nitrogens with one attached hydrogen (secondary N) is 1. The zero-order chi connectivity index (χ0) is 17.0. The van der Waals surface area contributed by atoms with Gasteiger partial charge < -0.3 is 15.0 Å². The smallest absolute Gasteiger partial charge is 0.410 e. The van der Waals surface area contributed by atoms with E-state index >= 15 is 0 Å². The van der Waals surface area contributed by atoms with Crippen LogP contribution in [0, 0.1) is 5.92 Å². The maximum Gasteiger partial charge on any atom is 0.410 e. The lowest BCUT2D eigenvalue weighted by molar-refractivity contribution is 0.0183. The van der Waals surface area contributed by atoms with Crippen molar-refractivity contribution in [3.8, 4) is 0 Å². The Morgan fingerprint density at radius 3 is 2.65 bits per heavy atom. The van der Waals surface area contributed by atoms with E-state index in [4.69, 9.17) is 4.74 Å². The molecule has 1 aromatic rings. The van der Waals surface area contributed by atoms with Crippen molar-refractivity contribution in [1.29, 1.82) is 0 Å². The summed E-state index contributed by atoms with van der Waals surface area (Å²) >= 11 is 5.37. The van der Waals surface area contributed by atoms with Crippen LogP contribution >= 0.6 is 27.3 Å². The minimum absolute atomic E-state index is 0.181. The highest BCUT2D eigenvalue weighted by Gasteiger charge is 2.27. The lowest BCUT2D eigenvalue weighted by Gasteiger charge is -2.34. The van der Waals surface area contributed by atoms with Crippen molar-refractivity contribution in [2.45, 2.75) is 52.2 Å². The maximum absolute atomic E-state index is 12.1. The fourth-order valence-corrected chi connectivity index (χ4v) is 4.45. The number of piperidine rings is 1. The van der Waals surface area contributed by atoms with E-state index in [-0.39, 0.29) is 6.09 Å². The lowest BCUT2D eigenvalue weighted by atomic mass is 9.96. The highest BCUT2D eigenvalue weighted by atomic mass is 79.9. The van der Waals surface area contributed by atoms with Crippen molar-refractivity contribution in [1.82, 2.24) is 10.2 Å². The first-order valence-electron chi connectivity index (χ1n) is 8.20. The fourth-order valence-electron chi connectivity index (χ4n) is 2.70. The number of halogens is 1. The standard InChI is InChI=1S/C17H27BrN2O2S/c1-12(15-14(18)7-10-23-15)19-11-13-5-8-20(9-6-13)16(21)22-17(2,3)4/h7,10,12-13,19H,5-6,8-9,11H2,1-4H3. The van der Waals surface area contributed by atoms with Gasteiger partial charge >= 0.3 is 6.09 Å². The predicted molar refractivity (Wildman–Crippen MR) is 99.0 cm³/mol. The van der Waals surface area contributed by atoms with Gasteiger partial charge in [0.05, 0.1) is 0 Å². The Balaban J connectivity index is 1.73. The minimum atomic E-state index is -0.418. The van der Waals surface area contributed by atoms with Crippen molar-refractivity contribution in [3.05, 3.63) is 20.8 Å². The third kappa shape index (κ3) is 5.76. The average Bonchev–Trinajstić information content (AvgIpc) is 2.90. The first-order chi connectivity index (χ1) is 10.8. The molecule has 0 radical (unpaired) electrons. The summed E-state index contributed by atoms with van der Waals surface area (Å²) in [6, 6.07) is 2.45. The molecule has 23 heavy (non-hydrogen) atoms. The number of amides is 1. The van der Waals surface area contributed by atoms with E-state index in [2.05, 4.69) is 39.6 Å². The van der Waals surface area contributed by atoms with Gasteiger partial charge in [-0.2, -0.15) is 0 Å². The number of ether oxygens (including phenoxy) is 1. The van der Waals surface area contributed by atoms with Crippen LogP contribution in [-0.4, -0.2) is 36.2 Å². The summed E-state index contributed by atoms with van der Waals surface area (Å²) in [4.78, 5) is 15.2. The van der Waals surface area contributed by atoms with Crippen LogP contribution in [0.1, 0.15) is 51.5 Å². The minimum Gasteiger partial charge on any atom is -0.444 e. The van der Waals surface area contributed by atoms with Crippen LogP contribution in [0.4, 0.5) is 4.79 Å². The molecule has 0 aliphatic carbocycles. The number of thiophene rings is 1. The number of likely N-dealkylation sites (tertiary alicyclic amines) is 1. The largest absolute Gasteiger partial charge is 0.444 e. The highest BCUT2D eigenvalue weighted by molar-refractivity contribution is 9.10. The molecule has 1 aliphatic heterocycles. The van der Waals surface area contributed by atoms with Gasteiger partial charge in [-0.3, -0.25) is 0 Å². The average molecular weight is 403 g/mol. The van der Waals surface area contributed by atoms with Crippen LogP contribution in [0.3, 0.4) is 0 Å². The Hall–Kier alpha value is -0.590. The number of nitrogens with zero attached hydrogens (tertiary/aromatic N) is 1. The molecule has 0 aromatic carbocycles. The van der Waals surface area contributed by atoms with E-state index in [1.807, 2.05) is 25.7 Å². The van der Waals surface area contributed by atoms with Crippen LogP contribution in [0.5, 0.6) is 0 Å². The molecule has 0 saturated carbocycles. The van der Waals surface area contributed by atoms with Crippen molar-refractivity contribution >= 4 is 33.4 Å². The second kappa shape index (κ2) is 7.99. The molecule has 1 saturated heterocycles. The van der Waals surface area contributed by atoms with E-state index in [1.54, 1.807) is 11.3 Å². The Morgan fingerprint density at radius 1 is 1.48 bits per heavy atom. The van der Waals surface area contributed by atoms with Crippen LogP contribution in [0.15, 0.2) is 15.9 Å². The molecular formula is C17H27BrN2O2S. The Kier molecular flexibility index (Phi) is 6.51. The molecule has 1 aromatic heterocycles. The van der Waals surface area contributed by atoms with Crippen LogP contribution < -0.4 is 5.32 Å². The van der Waals surface area contributed by atoms with E-state index < -0.39 is 5.60 Å². The molecule has 130 valence electrons. The topological polar surface area (TPSA) is 41.6 Å². The maximum atomic E-state index is 12.1. The fraction of sp³-hybridized carbons (Fsp3) is 0.706. The Labute approximate surface area is 151 Å². The van der Waals surface area contributed by atoms with Crippen molar-refractivity contribution < 1.29 is 9.53 Å². The monoisotopic (exact) mass is 402 g/mol. The van der Waals surface area contributed by atoms with Gasteiger partial charge in [0.15, 0.2) is 0 Å². The summed E-state index contributed by atoms with van der Waals surface area (Å²) in [5.74, 6) is 0.620. The molecule has 6 heteroatoms. The quantitative estimate of drug-likeness (QED) is 0.785. The molecule has 1 N–H and O–H groups in total. The molecule has 4 nitrogen and oxygen atoms in total. The van der Waals surface area contributed by atoms with Gasteiger partial charge in [0, 0.05) is 28.5 Å². The summed E-state index contributed by atoms with van der Waals surface area (Å²) in [6.45, 7) is 10.5. The predicted octanol–water partition coefficient (Wildman–Crippen LogP) is 4.81. The molecule has 1 fully saturated rings. The summed E-state index contributed by atoms with van der Waals surface area (Å²) in [7, 11) is 0. The Morgan fingerprint density at radius 2 is 2.13 bits per heavy atom. The van der Waals surface area contributed by atoms with Crippen molar-refractivity contribution in [2.75, 3.05) is 19.6 Å². The third-order valence-electron chi connectivity index (χ3n) is 4.02. The zero-order valence-corrected chi connectivity index (χ0v) is 16.8. The summed E-state index contributed by atoms with van der Waals surface area (Å²) in [5, 5.41) is 5.73. The first kappa shape index (κ1) is 18.7. The van der Waals surface area contributed by atoms with Crippen LogP contribution in [-0.2, 0) is 4.74 Å². The van der Waals surface area contributed by atoms with Gasteiger partial charge in [-0.05, 0) is 80.4 Å². The molecule has 1 aliphatic rings. The molecule has 0 spiro atoms. The van der Waals surface area contributed by atoms with E-state index in [1.165, 1.54) is 9.35 Å². The van der Waals surface area contributed by atoms with Crippen LogP contribution in [0.25, 0.3) is 0 Å². The summed E-state index contributed by atoms with van der Waals surface area (Å²) in [5.41, 5.74) is -0.418. The number of carbonyl (C=O) groups excluding carboxylic acids is 1. The molecular weight excluding hydrogens is 376 g/mol. The second-order valence-corrected chi connectivity index (χ2v) is 8.98. The van der Waals surface area contributed by atoms with Gasteiger partial charge in [0.1, 0.15) is 5.60 Å². The summed E-state index contributed by atoms with van der Waals surface area (Å²) in [6.07, 6.45) is 1.88. The van der Waals surface area contributed by atoms with E-state index in [9.17, 15) is 4.79 Å². The highest BCUT2D eigenvalue weighted by Crippen LogP contribution is 2.29. The first-order valence-corrected chi connectivity index (χ1v) is 9.87. The number of hydrogen-bond donors (Lipinski definition) is 1. The molecule has 2 rings (SSSR count). The van der Waals surface area contributed by atoms with E-state index in [0.717, 1.165) is 32.5 Å². The third-order valence-corrected chi connectivity index (χ3v) is 6.07. The number of hydrogen-bond acceptors (Lipinski definition) is 4. The number of carbonyl (C=O) groups is 1. The van der Waals surface area contributed by atoms with E-state index in [0.29, 0.717) is 12.0 Å². The molecule has 2 heterocycles. The second-order valence-electron chi connectivity index (χ2n) is 7.17. The molecule has 1 atom stereocenters. The molecule has 1 unspecified atom stereocenters. The van der Waals surface area contributed by atoms with Crippen molar-refractivity contribution in [2.24, 2.45) is 5.92 Å². The molecule has 0 bridgehead atoms. The van der Waals surface area contributed by atoms with Gasteiger partial charge in [0.25, 0.3) is 0 Å². The van der Waals surface area contributed by atoms with Gasteiger partial charge in [-0.1, -0.05) is 0 Å². The summed E-state index contributed by atoms with van der Waals surface area (Å²) < 4.78 is 6.62. The van der Waals surface area contributed by atoms with Crippen molar-refractivity contribution in [3.63, 3.8) is 0 Å². The van der Waals surface area contributed by atoms with Gasteiger partial charge in [0.2, 0.25) is 0 Å². The van der Waals surface area contributed by atoms with Crippen LogP contribution in [0.2, 0.25) is 0 Å². The SMILES string of the molecule is CC(NCC1CCN(C(=O)OC(C)(C)C)CC1)c1sccc1Br. The molecule has 1 amide bonds. The number of rotatable bonds is 4. The normalized spacial score (nSPS) is 18.0. The zero-order valence-electron chi connectivity index (χ0n) is 14.4. The van der Waals surface area contributed by atoms with Gasteiger partial charge in [-0.25, -0.2) is 4.79 Å². The van der Waals surface area contributed by atoms with Gasteiger partial charge in [-0.15, -0.1) is 11.3 Å². The lowest BCUT2D eigenvalue weighted by Crippen LogP contribution is -2.43.